The molecule has 40 heavy (non-hydrogen) atoms. The van der Waals surface area contributed by atoms with Gasteiger partial charge in [0.15, 0.2) is 0 Å². The van der Waals surface area contributed by atoms with Crippen molar-refractivity contribution in [1.82, 2.24) is 10.6 Å². The number of hydrogen-bond acceptors (Lipinski definition) is 6. The second kappa shape index (κ2) is 12.6. The Labute approximate surface area is 229 Å². The molecule has 208 valence electrons. The van der Waals surface area contributed by atoms with E-state index in [0.717, 1.165) is 53.3 Å². The minimum atomic E-state index is -1.17. The first-order chi connectivity index (χ1) is 19.1. The van der Waals surface area contributed by atoms with Crippen molar-refractivity contribution in [3.05, 3.63) is 107 Å². The number of carbonyl (C=O) groups is 3. The molecule has 4 rings (SSSR count). The van der Waals surface area contributed by atoms with E-state index in [9.17, 15) is 33.4 Å². The van der Waals surface area contributed by atoms with E-state index in [1.54, 1.807) is 0 Å². The van der Waals surface area contributed by atoms with Crippen LogP contribution in [0, 0.1) is 11.6 Å². The highest BCUT2D eigenvalue weighted by atomic mass is 19.1. The molecule has 0 spiro atoms. The number of rotatable bonds is 11. The Kier molecular flexibility index (Phi) is 9.03. The fraction of sp³-hybridized carbons (Fsp3) is 0.233. The van der Waals surface area contributed by atoms with Gasteiger partial charge in [0.2, 0.25) is 0 Å². The van der Waals surface area contributed by atoms with E-state index in [2.05, 4.69) is 10.6 Å². The van der Waals surface area contributed by atoms with Crippen LogP contribution in [0.15, 0.2) is 72.8 Å². The minimum absolute atomic E-state index is 0.0518. The zero-order chi connectivity index (χ0) is 28.8. The van der Waals surface area contributed by atoms with Crippen molar-refractivity contribution in [2.75, 3.05) is 11.4 Å². The van der Waals surface area contributed by atoms with Gasteiger partial charge in [-0.3, -0.25) is 14.4 Å². The lowest BCUT2D eigenvalue weighted by atomic mass is 9.99. The fourth-order valence-corrected chi connectivity index (χ4v) is 4.48. The number of anilines is 1. The summed E-state index contributed by atoms with van der Waals surface area (Å²) in [6.45, 7) is 2.55. The summed E-state index contributed by atoms with van der Waals surface area (Å²) in [6, 6.07) is 13.6. The van der Waals surface area contributed by atoms with Gasteiger partial charge in [0.1, 0.15) is 17.4 Å². The Hall–Kier alpha value is -4.41. The van der Waals surface area contributed by atoms with Gasteiger partial charge in [-0.15, -0.1) is 0 Å². The second-order valence-electron chi connectivity index (χ2n) is 9.48. The standard InChI is InChI=1S/C30H29F2N3O5/c1-2-18-4-3-5-19(10-18)16-33-17-27(37)25(13-20-11-21(31)14-22(32)12-20)34-30(40)24-7-6-23(15-26(24)36)35-28(38)8-9-29(35)39/h3-12,14-15,25,27,33,36-37H,2,13,16-17H2,1H3,(H,34,40)/t25-,27+/m0/s1. The zero-order valence-electron chi connectivity index (χ0n) is 21.7. The third kappa shape index (κ3) is 6.96. The zero-order valence-corrected chi connectivity index (χ0v) is 21.7. The first-order valence-electron chi connectivity index (χ1n) is 12.8. The van der Waals surface area contributed by atoms with Gasteiger partial charge in [0, 0.05) is 37.4 Å². The van der Waals surface area contributed by atoms with E-state index >= 15 is 0 Å². The Bertz CT molecular complexity index is 1420. The number of benzene rings is 3. The predicted molar refractivity (Wildman–Crippen MR) is 145 cm³/mol. The number of carbonyl (C=O) groups excluding carboxylic acids is 3. The van der Waals surface area contributed by atoms with Gasteiger partial charge < -0.3 is 20.8 Å². The number of amides is 3. The van der Waals surface area contributed by atoms with Crippen molar-refractivity contribution in [1.29, 1.82) is 0 Å². The van der Waals surface area contributed by atoms with Gasteiger partial charge in [0.05, 0.1) is 23.4 Å². The molecule has 1 aliphatic heterocycles. The van der Waals surface area contributed by atoms with Crippen LogP contribution in [-0.4, -0.2) is 46.6 Å². The highest BCUT2D eigenvalue weighted by Crippen LogP contribution is 2.27. The maximum atomic E-state index is 13.8. The summed E-state index contributed by atoms with van der Waals surface area (Å²) in [5.41, 5.74) is 2.30. The maximum Gasteiger partial charge on any atom is 0.258 e. The first kappa shape index (κ1) is 28.6. The molecule has 1 aliphatic rings. The average Bonchev–Trinajstić information content (AvgIpc) is 3.25. The molecule has 0 saturated carbocycles. The fourth-order valence-electron chi connectivity index (χ4n) is 4.48. The Balaban J connectivity index is 1.49. The van der Waals surface area contributed by atoms with E-state index in [0.29, 0.717) is 6.54 Å². The first-order valence-corrected chi connectivity index (χ1v) is 12.8. The molecule has 0 aliphatic carbocycles. The van der Waals surface area contributed by atoms with Crippen LogP contribution in [0.3, 0.4) is 0 Å². The minimum Gasteiger partial charge on any atom is -0.507 e. The molecule has 0 unspecified atom stereocenters. The topological polar surface area (TPSA) is 119 Å². The monoisotopic (exact) mass is 549 g/mol. The van der Waals surface area contributed by atoms with Crippen LogP contribution in [0.2, 0.25) is 0 Å². The molecule has 3 aromatic carbocycles. The quantitative estimate of drug-likeness (QED) is 0.273. The number of phenols is 1. The van der Waals surface area contributed by atoms with E-state index < -0.39 is 47.3 Å². The van der Waals surface area contributed by atoms with Crippen LogP contribution >= 0.6 is 0 Å². The highest BCUT2D eigenvalue weighted by molar-refractivity contribution is 6.28. The largest absolute Gasteiger partial charge is 0.507 e. The van der Waals surface area contributed by atoms with Crippen molar-refractivity contribution >= 4 is 23.4 Å². The smallest absolute Gasteiger partial charge is 0.258 e. The van der Waals surface area contributed by atoms with Crippen LogP contribution in [0.4, 0.5) is 14.5 Å². The van der Waals surface area contributed by atoms with Crippen molar-refractivity contribution < 1.29 is 33.4 Å². The molecule has 0 aromatic heterocycles. The van der Waals surface area contributed by atoms with Gasteiger partial charge in [0.25, 0.3) is 17.7 Å². The number of nitrogens with zero attached hydrogens (tertiary/aromatic N) is 1. The van der Waals surface area contributed by atoms with E-state index in [1.807, 2.05) is 31.2 Å². The molecule has 8 nitrogen and oxygen atoms in total. The SMILES string of the molecule is CCc1cccc(CNC[C@@H](O)[C@H](Cc2cc(F)cc(F)c2)NC(=O)c2ccc(N3C(=O)C=CC3=O)cc2O)c1. The number of aliphatic hydroxyl groups excluding tert-OH is 1. The van der Waals surface area contributed by atoms with Crippen LogP contribution in [-0.2, 0) is 29.0 Å². The molecule has 0 radical (unpaired) electrons. The highest BCUT2D eigenvalue weighted by Gasteiger charge is 2.28. The molecule has 3 amide bonds. The molecule has 3 aromatic rings. The molecule has 1 heterocycles. The normalized spacial score (nSPS) is 14.4. The lowest BCUT2D eigenvalue weighted by Gasteiger charge is -2.25. The van der Waals surface area contributed by atoms with Crippen molar-refractivity contribution in [3.63, 3.8) is 0 Å². The number of imide groups is 1. The Morgan fingerprint density at radius 2 is 1.60 bits per heavy atom. The van der Waals surface area contributed by atoms with Gasteiger partial charge >= 0.3 is 0 Å². The second-order valence-corrected chi connectivity index (χ2v) is 9.48. The molecule has 2 atom stereocenters. The summed E-state index contributed by atoms with van der Waals surface area (Å²) in [7, 11) is 0. The maximum absolute atomic E-state index is 13.8. The number of halogens is 2. The third-order valence-corrected chi connectivity index (χ3v) is 6.53. The van der Waals surface area contributed by atoms with Gasteiger partial charge in [-0.1, -0.05) is 31.2 Å². The van der Waals surface area contributed by atoms with E-state index in [-0.39, 0.29) is 29.8 Å². The average molecular weight is 550 g/mol. The molecular weight excluding hydrogens is 520 g/mol. The number of aryl methyl sites for hydroxylation is 1. The summed E-state index contributed by atoms with van der Waals surface area (Å²) in [5.74, 6) is -4.02. The Morgan fingerprint density at radius 1 is 0.925 bits per heavy atom. The summed E-state index contributed by atoms with van der Waals surface area (Å²) in [5, 5.41) is 27.3. The van der Waals surface area contributed by atoms with Gasteiger partial charge in [-0.2, -0.15) is 0 Å². The molecular formula is C30H29F2N3O5. The van der Waals surface area contributed by atoms with Crippen molar-refractivity contribution in [2.45, 2.75) is 38.5 Å². The Morgan fingerprint density at radius 3 is 2.25 bits per heavy atom. The lowest BCUT2D eigenvalue weighted by molar-refractivity contribution is -0.119. The summed E-state index contributed by atoms with van der Waals surface area (Å²) in [6.07, 6.45) is 1.79. The summed E-state index contributed by atoms with van der Waals surface area (Å²) < 4.78 is 27.7. The number of aromatic hydroxyl groups is 1. The van der Waals surface area contributed by atoms with Crippen LogP contribution in [0.5, 0.6) is 5.75 Å². The number of phenolic OH excluding ortho intramolecular Hbond substituents is 1. The van der Waals surface area contributed by atoms with Crippen molar-refractivity contribution in [3.8, 4) is 5.75 Å². The summed E-state index contributed by atoms with van der Waals surface area (Å²) >= 11 is 0. The predicted octanol–water partition coefficient (Wildman–Crippen LogP) is 3.15. The van der Waals surface area contributed by atoms with Gasteiger partial charge in [-0.25, -0.2) is 13.7 Å². The molecule has 10 heteroatoms. The molecule has 0 fully saturated rings. The van der Waals surface area contributed by atoms with Crippen LogP contribution in [0.1, 0.15) is 34.0 Å². The van der Waals surface area contributed by atoms with Crippen LogP contribution < -0.4 is 15.5 Å². The van der Waals surface area contributed by atoms with E-state index in [4.69, 9.17) is 0 Å². The molecule has 4 N–H and O–H groups in total. The molecule has 0 bridgehead atoms. The van der Waals surface area contributed by atoms with Crippen LogP contribution in [0.25, 0.3) is 0 Å². The third-order valence-electron chi connectivity index (χ3n) is 6.53. The lowest BCUT2D eigenvalue weighted by Crippen LogP contribution is -2.48. The number of hydrogen-bond donors (Lipinski definition) is 4. The number of nitrogens with one attached hydrogen (secondary N) is 2. The van der Waals surface area contributed by atoms with Crippen molar-refractivity contribution in [2.24, 2.45) is 0 Å². The molecule has 0 saturated heterocycles. The number of aliphatic hydroxyl groups is 1. The van der Waals surface area contributed by atoms with Gasteiger partial charge in [-0.05, 0) is 53.8 Å². The van der Waals surface area contributed by atoms with E-state index in [1.165, 1.54) is 17.7 Å². The summed E-state index contributed by atoms with van der Waals surface area (Å²) in [4.78, 5) is 37.8.